The van der Waals surface area contributed by atoms with Crippen LogP contribution >= 0.6 is 0 Å². The van der Waals surface area contributed by atoms with E-state index in [0.717, 1.165) is 11.4 Å². The zero-order valence-corrected chi connectivity index (χ0v) is 15.3. The van der Waals surface area contributed by atoms with Crippen LogP contribution in [0.4, 0.5) is 17.2 Å². The highest BCUT2D eigenvalue weighted by molar-refractivity contribution is 6.03. The van der Waals surface area contributed by atoms with Crippen molar-refractivity contribution in [3.05, 3.63) is 84.1 Å². The summed E-state index contributed by atoms with van der Waals surface area (Å²) < 4.78 is 0. The van der Waals surface area contributed by atoms with Crippen LogP contribution in [0.2, 0.25) is 0 Å². The Morgan fingerprint density at radius 1 is 0.846 bits per heavy atom. The quantitative estimate of drug-likeness (QED) is 0.668. The van der Waals surface area contributed by atoms with Crippen LogP contribution in [0.1, 0.15) is 36.7 Å². The van der Waals surface area contributed by atoms with E-state index in [-0.39, 0.29) is 11.3 Å². The first-order valence-corrected chi connectivity index (χ1v) is 8.62. The molecule has 0 aliphatic rings. The lowest BCUT2D eigenvalue weighted by Crippen LogP contribution is -2.12. The number of nitrogens with zero attached hydrogens (tertiary/aromatic N) is 1. The molecule has 0 spiro atoms. The lowest BCUT2D eigenvalue weighted by Gasteiger charge is -2.19. The second-order valence-corrected chi connectivity index (χ2v) is 7.20. The van der Waals surface area contributed by atoms with E-state index in [1.54, 1.807) is 24.4 Å². The van der Waals surface area contributed by atoms with E-state index in [4.69, 9.17) is 0 Å². The van der Waals surface area contributed by atoms with E-state index < -0.39 is 0 Å². The number of rotatable bonds is 4. The van der Waals surface area contributed by atoms with E-state index in [9.17, 15) is 4.79 Å². The maximum absolute atomic E-state index is 12.1. The summed E-state index contributed by atoms with van der Waals surface area (Å²) in [7, 11) is 0. The first-order chi connectivity index (χ1) is 12.4. The Bertz CT molecular complexity index is 864. The maximum Gasteiger partial charge on any atom is 0.256 e. The Hall–Kier alpha value is -3.14. The van der Waals surface area contributed by atoms with Gasteiger partial charge in [0.05, 0.1) is 11.9 Å². The van der Waals surface area contributed by atoms with Gasteiger partial charge in [0.2, 0.25) is 0 Å². The van der Waals surface area contributed by atoms with Crippen LogP contribution < -0.4 is 10.6 Å². The van der Waals surface area contributed by atoms with Crippen molar-refractivity contribution in [3.8, 4) is 0 Å². The second kappa shape index (κ2) is 7.40. The first-order valence-electron chi connectivity index (χ1n) is 8.62. The van der Waals surface area contributed by atoms with Gasteiger partial charge < -0.3 is 10.6 Å². The molecule has 1 heterocycles. The van der Waals surface area contributed by atoms with Crippen molar-refractivity contribution in [2.75, 3.05) is 10.6 Å². The third kappa shape index (κ3) is 4.48. The lowest BCUT2D eigenvalue weighted by atomic mass is 9.87. The van der Waals surface area contributed by atoms with Gasteiger partial charge in [-0.2, -0.15) is 0 Å². The van der Waals surface area contributed by atoms with E-state index in [1.165, 1.54) is 5.56 Å². The smallest absolute Gasteiger partial charge is 0.256 e. The van der Waals surface area contributed by atoms with E-state index in [1.807, 2.05) is 24.3 Å². The first kappa shape index (κ1) is 17.7. The minimum Gasteiger partial charge on any atom is -0.354 e. The summed E-state index contributed by atoms with van der Waals surface area (Å²) in [5.74, 6) is 0.351. The number of aromatic nitrogens is 1. The molecule has 3 aromatic rings. The second-order valence-electron chi connectivity index (χ2n) is 7.20. The van der Waals surface area contributed by atoms with Gasteiger partial charge in [0.1, 0.15) is 5.82 Å². The van der Waals surface area contributed by atoms with Gasteiger partial charge in [-0.25, -0.2) is 4.98 Å². The third-order valence-electron chi connectivity index (χ3n) is 4.08. The highest BCUT2D eigenvalue weighted by Gasteiger charge is 2.12. The minimum atomic E-state index is -0.170. The molecule has 1 amide bonds. The molecule has 2 N–H and O–H groups in total. The summed E-state index contributed by atoms with van der Waals surface area (Å²) in [5.41, 5.74) is 3.90. The third-order valence-corrected chi connectivity index (χ3v) is 4.08. The molecule has 0 saturated heterocycles. The molecule has 0 aliphatic heterocycles. The van der Waals surface area contributed by atoms with Crippen molar-refractivity contribution in [2.45, 2.75) is 26.2 Å². The summed E-state index contributed by atoms with van der Waals surface area (Å²) in [6.45, 7) is 6.59. The minimum absolute atomic E-state index is 0.138. The fraction of sp³-hybridized carbons (Fsp3) is 0.182. The van der Waals surface area contributed by atoms with E-state index >= 15 is 0 Å². The standard InChI is InChI=1S/C22H23N3O/c1-22(2,3)17-9-11-18(12-10-17)24-19-13-14-20(23-15-19)25-21(26)16-7-5-4-6-8-16/h4-15,24H,1-3H3,(H,23,25,26). The number of anilines is 3. The van der Waals surface area contributed by atoms with Gasteiger partial charge in [0, 0.05) is 11.3 Å². The van der Waals surface area contributed by atoms with Gasteiger partial charge in [-0.3, -0.25) is 4.79 Å². The van der Waals surface area contributed by atoms with Gasteiger partial charge in [-0.15, -0.1) is 0 Å². The van der Waals surface area contributed by atoms with Crippen LogP contribution in [0.5, 0.6) is 0 Å². The maximum atomic E-state index is 12.1. The van der Waals surface area contributed by atoms with Crippen molar-refractivity contribution in [1.29, 1.82) is 0 Å². The number of amides is 1. The molecule has 4 nitrogen and oxygen atoms in total. The zero-order chi connectivity index (χ0) is 18.6. The number of pyridine rings is 1. The Morgan fingerprint density at radius 2 is 1.50 bits per heavy atom. The molecule has 26 heavy (non-hydrogen) atoms. The molecule has 0 unspecified atom stereocenters. The SMILES string of the molecule is CC(C)(C)c1ccc(Nc2ccc(NC(=O)c3ccccc3)nc2)cc1. The average molecular weight is 345 g/mol. The highest BCUT2D eigenvalue weighted by Crippen LogP contribution is 2.25. The molecule has 3 rings (SSSR count). The van der Waals surface area contributed by atoms with Crippen molar-refractivity contribution >= 4 is 23.1 Å². The summed E-state index contributed by atoms with van der Waals surface area (Å²) in [5, 5.41) is 6.12. The monoisotopic (exact) mass is 345 g/mol. The van der Waals surface area contributed by atoms with Crippen LogP contribution in [0.3, 0.4) is 0 Å². The summed E-state index contributed by atoms with van der Waals surface area (Å²) in [6, 6.07) is 21.1. The molecule has 0 aliphatic carbocycles. The zero-order valence-electron chi connectivity index (χ0n) is 15.3. The Kier molecular flexibility index (Phi) is 5.03. The summed E-state index contributed by atoms with van der Waals surface area (Å²) in [6.07, 6.45) is 1.71. The molecule has 0 radical (unpaired) electrons. The molecule has 0 saturated carbocycles. The topological polar surface area (TPSA) is 54.0 Å². The highest BCUT2D eigenvalue weighted by atomic mass is 16.1. The predicted molar refractivity (Wildman–Crippen MR) is 107 cm³/mol. The van der Waals surface area contributed by atoms with Gasteiger partial charge in [0.25, 0.3) is 5.91 Å². The molecule has 1 aromatic heterocycles. The normalized spacial score (nSPS) is 11.0. The fourth-order valence-corrected chi connectivity index (χ4v) is 2.54. The van der Waals surface area contributed by atoms with E-state index in [2.05, 4.69) is 60.7 Å². The number of benzene rings is 2. The summed E-state index contributed by atoms with van der Waals surface area (Å²) >= 11 is 0. The van der Waals surface area contributed by atoms with Gasteiger partial charge in [-0.1, -0.05) is 51.1 Å². The van der Waals surface area contributed by atoms with Crippen molar-refractivity contribution in [2.24, 2.45) is 0 Å². The number of hydrogen-bond acceptors (Lipinski definition) is 3. The average Bonchev–Trinajstić information content (AvgIpc) is 2.64. The van der Waals surface area contributed by atoms with E-state index in [0.29, 0.717) is 11.4 Å². The lowest BCUT2D eigenvalue weighted by molar-refractivity contribution is 0.102. The fourth-order valence-electron chi connectivity index (χ4n) is 2.54. The van der Waals surface area contributed by atoms with Crippen molar-refractivity contribution in [1.82, 2.24) is 4.98 Å². The molecular weight excluding hydrogens is 322 g/mol. The number of carbonyl (C=O) groups is 1. The summed E-state index contributed by atoms with van der Waals surface area (Å²) in [4.78, 5) is 16.4. The van der Waals surface area contributed by atoms with Crippen LogP contribution in [-0.2, 0) is 5.41 Å². The Labute approximate surface area is 154 Å². The largest absolute Gasteiger partial charge is 0.354 e. The van der Waals surface area contributed by atoms with Crippen LogP contribution in [0.25, 0.3) is 0 Å². The van der Waals surface area contributed by atoms with Crippen LogP contribution in [0, 0.1) is 0 Å². The van der Waals surface area contributed by atoms with Crippen molar-refractivity contribution < 1.29 is 4.79 Å². The van der Waals surface area contributed by atoms with Gasteiger partial charge >= 0.3 is 0 Å². The molecule has 0 fully saturated rings. The van der Waals surface area contributed by atoms with Gasteiger partial charge in [0.15, 0.2) is 0 Å². The van der Waals surface area contributed by atoms with Gasteiger partial charge in [-0.05, 0) is 47.4 Å². The molecule has 132 valence electrons. The number of hydrogen-bond donors (Lipinski definition) is 2. The Morgan fingerprint density at radius 3 is 2.08 bits per heavy atom. The predicted octanol–water partition coefficient (Wildman–Crippen LogP) is 5.38. The molecule has 0 atom stereocenters. The molecule has 2 aromatic carbocycles. The van der Waals surface area contributed by atoms with Crippen LogP contribution in [0.15, 0.2) is 72.9 Å². The number of carbonyl (C=O) groups excluding carboxylic acids is 1. The molecule has 4 heteroatoms. The van der Waals surface area contributed by atoms with Crippen molar-refractivity contribution in [3.63, 3.8) is 0 Å². The molecule has 0 bridgehead atoms. The Balaban J connectivity index is 1.63. The van der Waals surface area contributed by atoms with Crippen LogP contribution in [-0.4, -0.2) is 10.9 Å². The number of nitrogens with one attached hydrogen (secondary N) is 2. The molecular formula is C22H23N3O.